The first-order chi connectivity index (χ1) is 12.8. The molecule has 142 valence electrons. The van der Waals surface area contributed by atoms with Gasteiger partial charge in [0.25, 0.3) is 5.91 Å². The molecule has 1 aliphatic rings. The Kier molecular flexibility index (Phi) is 5.10. The molecule has 0 aliphatic carbocycles. The quantitative estimate of drug-likeness (QED) is 0.790. The van der Waals surface area contributed by atoms with Crippen LogP contribution in [0.15, 0.2) is 34.8 Å². The molecule has 0 aromatic heterocycles. The monoisotopic (exact) mass is 437 g/mol. The molecule has 0 bridgehead atoms. The Bertz CT molecular complexity index is 933. The molecule has 1 amide bonds. The summed E-state index contributed by atoms with van der Waals surface area (Å²) in [6.45, 7) is 0. The molecule has 0 saturated carbocycles. The number of amides is 1. The zero-order valence-electron chi connectivity index (χ0n) is 14.8. The molecule has 1 aliphatic heterocycles. The van der Waals surface area contributed by atoms with Crippen LogP contribution in [-0.2, 0) is 4.79 Å². The first kappa shape index (κ1) is 19.2. The molecule has 0 radical (unpaired) electrons. The van der Waals surface area contributed by atoms with Crippen molar-refractivity contribution in [1.29, 1.82) is 0 Å². The van der Waals surface area contributed by atoms with Crippen molar-refractivity contribution >= 4 is 27.8 Å². The highest BCUT2D eigenvalue weighted by molar-refractivity contribution is 9.10. The van der Waals surface area contributed by atoms with Crippen LogP contribution >= 0.6 is 15.9 Å². The summed E-state index contributed by atoms with van der Waals surface area (Å²) in [6.07, 6.45) is 0. The van der Waals surface area contributed by atoms with Crippen LogP contribution in [0.3, 0.4) is 0 Å². The number of benzene rings is 2. The zero-order chi connectivity index (χ0) is 19.9. The van der Waals surface area contributed by atoms with Crippen LogP contribution in [0.25, 0.3) is 0 Å². The molecule has 2 aromatic carbocycles. The van der Waals surface area contributed by atoms with Crippen molar-refractivity contribution in [3.63, 3.8) is 0 Å². The Labute approximate surface area is 163 Å². The second-order valence-corrected chi connectivity index (χ2v) is 7.05. The largest absolute Gasteiger partial charge is 0.493 e. The topological polar surface area (TPSA) is 76.1 Å². The summed E-state index contributed by atoms with van der Waals surface area (Å²) in [7, 11) is 4.31. The number of carbonyl (C=O) groups excluding carboxylic acids is 1. The minimum atomic E-state index is -1.17. The summed E-state index contributed by atoms with van der Waals surface area (Å²) in [5.41, 5.74) is 0.565. The van der Waals surface area contributed by atoms with E-state index in [2.05, 4.69) is 15.9 Å². The van der Waals surface area contributed by atoms with Crippen LogP contribution < -0.4 is 9.47 Å². The number of halogens is 2. The molecule has 2 unspecified atom stereocenters. The van der Waals surface area contributed by atoms with E-state index in [0.717, 1.165) is 0 Å². The van der Waals surface area contributed by atoms with Gasteiger partial charge in [0.1, 0.15) is 11.7 Å². The van der Waals surface area contributed by atoms with Crippen molar-refractivity contribution in [2.45, 2.75) is 12.0 Å². The van der Waals surface area contributed by atoms with Crippen molar-refractivity contribution < 1.29 is 28.6 Å². The number of carbonyl (C=O) groups is 2. The zero-order valence-corrected chi connectivity index (χ0v) is 16.4. The summed E-state index contributed by atoms with van der Waals surface area (Å²) < 4.78 is 25.6. The van der Waals surface area contributed by atoms with Crippen molar-refractivity contribution in [2.24, 2.45) is 0 Å². The lowest BCUT2D eigenvalue weighted by molar-refractivity contribution is -0.140. The highest BCUT2D eigenvalue weighted by Crippen LogP contribution is 2.46. The van der Waals surface area contributed by atoms with Gasteiger partial charge in [-0.2, -0.15) is 0 Å². The SMILES string of the molecule is COc1cc2c(cc1OC)C(C(=O)O)C(c1cc(Br)ccc1F)N(C)C2=O. The van der Waals surface area contributed by atoms with E-state index in [1.54, 1.807) is 0 Å². The molecule has 8 heteroatoms. The predicted octanol–water partition coefficient (Wildman–Crippen LogP) is 3.60. The number of carboxylic acid groups (broad SMARTS) is 1. The number of nitrogens with zero attached hydrogens (tertiary/aromatic N) is 1. The first-order valence-corrected chi connectivity index (χ1v) is 8.80. The van der Waals surface area contributed by atoms with E-state index in [1.807, 2.05) is 0 Å². The fourth-order valence-corrected chi connectivity index (χ4v) is 3.82. The third-order valence-corrected chi connectivity index (χ3v) is 5.21. The van der Waals surface area contributed by atoms with Gasteiger partial charge in [0.2, 0.25) is 0 Å². The number of ether oxygens (including phenoxy) is 2. The third kappa shape index (κ3) is 3.14. The van der Waals surface area contributed by atoms with Crippen LogP contribution in [0.1, 0.15) is 33.4 Å². The average molecular weight is 438 g/mol. The maximum atomic E-state index is 14.5. The molecule has 1 heterocycles. The first-order valence-electron chi connectivity index (χ1n) is 8.01. The van der Waals surface area contributed by atoms with Gasteiger partial charge in [-0.15, -0.1) is 0 Å². The van der Waals surface area contributed by atoms with Gasteiger partial charge in [0.05, 0.1) is 20.3 Å². The summed E-state index contributed by atoms with van der Waals surface area (Å²) in [6, 6.07) is 6.16. The van der Waals surface area contributed by atoms with Crippen LogP contribution in [0.5, 0.6) is 11.5 Å². The van der Waals surface area contributed by atoms with E-state index in [-0.39, 0.29) is 16.7 Å². The second-order valence-electron chi connectivity index (χ2n) is 6.14. The minimum Gasteiger partial charge on any atom is -0.493 e. The molecule has 0 spiro atoms. The molecule has 2 atom stereocenters. The molecule has 1 N–H and O–H groups in total. The lowest BCUT2D eigenvalue weighted by Gasteiger charge is -2.39. The molecular weight excluding hydrogens is 421 g/mol. The highest BCUT2D eigenvalue weighted by atomic mass is 79.9. The van der Waals surface area contributed by atoms with E-state index in [9.17, 15) is 19.1 Å². The number of aliphatic carboxylic acids is 1. The maximum Gasteiger partial charge on any atom is 0.313 e. The average Bonchev–Trinajstić information content (AvgIpc) is 2.65. The molecular formula is C19H17BrFNO5. The molecule has 0 fully saturated rings. The molecule has 3 rings (SSSR count). The van der Waals surface area contributed by atoms with Gasteiger partial charge in [-0.25, -0.2) is 4.39 Å². The van der Waals surface area contributed by atoms with Crippen molar-refractivity contribution in [2.75, 3.05) is 21.3 Å². The number of carboxylic acids is 1. The van der Waals surface area contributed by atoms with Gasteiger partial charge in [-0.3, -0.25) is 9.59 Å². The summed E-state index contributed by atoms with van der Waals surface area (Å²) in [5.74, 6) is -2.74. The summed E-state index contributed by atoms with van der Waals surface area (Å²) in [4.78, 5) is 26.3. The lowest BCUT2D eigenvalue weighted by atomic mass is 9.79. The summed E-state index contributed by atoms with van der Waals surface area (Å²) in [5, 5.41) is 9.93. The Morgan fingerprint density at radius 2 is 1.78 bits per heavy atom. The van der Waals surface area contributed by atoms with Crippen LogP contribution in [0.4, 0.5) is 4.39 Å². The van der Waals surface area contributed by atoms with E-state index in [1.165, 1.54) is 56.5 Å². The van der Waals surface area contributed by atoms with Gasteiger partial charge in [-0.1, -0.05) is 15.9 Å². The maximum absolute atomic E-state index is 14.5. The van der Waals surface area contributed by atoms with Crippen LogP contribution in [0, 0.1) is 5.82 Å². The Morgan fingerprint density at radius 3 is 2.37 bits per heavy atom. The highest BCUT2D eigenvalue weighted by Gasteiger charge is 2.44. The van der Waals surface area contributed by atoms with Gasteiger partial charge in [0, 0.05) is 22.6 Å². The fourth-order valence-electron chi connectivity index (χ4n) is 3.44. The van der Waals surface area contributed by atoms with Gasteiger partial charge >= 0.3 is 5.97 Å². The van der Waals surface area contributed by atoms with E-state index in [4.69, 9.17) is 9.47 Å². The standard InChI is InChI=1S/C19H17BrFNO5/c1-22-17(12-6-9(20)4-5-13(12)21)16(19(24)25)10-7-14(26-2)15(27-3)8-11(10)18(22)23/h4-8,16-17H,1-3H3,(H,24,25). The number of hydrogen-bond donors (Lipinski definition) is 1. The second kappa shape index (κ2) is 7.19. The van der Waals surface area contributed by atoms with Crippen LogP contribution in [0.2, 0.25) is 0 Å². The molecule has 0 saturated heterocycles. The summed E-state index contributed by atoms with van der Waals surface area (Å²) >= 11 is 3.27. The van der Waals surface area contributed by atoms with E-state index < -0.39 is 29.7 Å². The molecule has 27 heavy (non-hydrogen) atoms. The fraction of sp³-hybridized carbons (Fsp3) is 0.263. The normalized spacial score (nSPS) is 18.9. The Hall–Kier alpha value is -2.61. The van der Waals surface area contributed by atoms with E-state index >= 15 is 0 Å². The molecule has 2 aromatic rings. The lowest BCUT2D eigenvalue weighted by Crippen LogP contribution is -2.43. The van der Waals surface area contributed by atoms with Crippen molar-refractivity contribution in [3.05, 3.63) is 57.3 Å². The number of likely N-dealkylation sites (N-methyl/N-ethyl adjacent to an activating group) is 1. The Balaban J connectivity index is 2.28. The third-order valence-electron chi connectivity index (χ3n) is 4.72. The number of fused-ring (bicyclic) bond motifs is 1. The van der Waals surface area contributed by atoms with Crippen LogP contribution in [-0.4, -0.2) is 43.2 Å². The number of rotatable bonds is 4. The predicted molar refractivity (Wildman–Crippen MR) is 98.9 cm³/mol. The van der Waals surface area contributed by atoms with Gasteiger partial charge < -0.3 is 19.5 Å². The Morgan fingerprint density at radius 1 is 1.15 bits per heavy atom. The molecule has 6 nitrogen and oxygen atoms in total. The van der Waals surface area contributed by atoms with Gasteiger partial charge in [-0.05, 0) is 35.9 Å². The smallest absolute Gasteiger partial charge is 0.313 e. The number of methoxy groups -OCH3 is 2. The minimum absolute atomic E-state index is 0.119. The van der Waals surface area contributed by atoms with E-state index in [0.29, 0.717) is 16.0 Å². The van der Waals surface area contributed by atoms with Gasteiger partial charge in [0.15, 0.2) is 11.5 Å². The van der Waals surface area contributed by atoms with Crippen molar-refractivity contribution in [3.8, 4) is 11.5 Å². The van der Waals surface area contributed by atoms with Crippen molar-refractivity contribution in [1.82, 2.24) is 4.90 Å². The number of hydrogen-bond acceptors (Lipinski definition) is 4.